The van der Waals surface area contributed by atoms with Crippen LogP contribution in [0.3, 0.4) is 0 Å². The van der Waals surface area contributed by atoms with Crippen molar-refractivity contribution < 1.29 is 4.74 Å². The van der Waals surface area contributed by atoms with Crippen LogP contribution in [0.1, 0.15) is 17.1 Å². The van der Waals surface area contributed by atoms with E-state index in [2.05, 4.69) is 29.2 Å². The number of ether oxygens (including phenoxy) is 1. The molecule has 6 nitrogen and oxygen atoms in total. The first-order chi connectivity index (χ1) is 10.2. The summed E-state index contributed by atoms with van der Waals surface area (Å²) >= 11 is 0. The van der Waals surface area contributed by atoms with Gasteiger partial charge in [-0.2, -0.15) is 0 Å². The smallest absolute Gasteiger partial charge is 0.135 e. The van der Waals surface area contributed by atoms with Crippen LogP contribution < -0.4 is 5.32 Å². The zero-order valence-electron chi connectivity index (χ0n) is 13.2. The number of rotatable bonds is 3. The fourth-order valence-corrected chi connectivity index (χ4v) is 3.11. The third-order valence-corrected chi connectivity index (χ3v) is 4.50. The largest absolute Gasteiger partial charge is 0.376 e. The van der Waals surface area contributed by atoms with Gasteiger partial charge >= 0.3 is 0 Å². The number of nitrogens with one attached hydrogen (secondary N) is 1. The summed E-state index contributed by atoms with van der Waals surface area (Å²) in [6.45, 7) is 4.71. The molecule has 0 saturated carbocycles. The number of fused-ring (bicyclic) bond motifs is 1. The Morgan fingerprint density at radius 1 is 1.29 bits per heavy atom. The predicted molar refractivity (Wildman–Crippen MR) is 82.6 cm³/mol. The third-order valence-electron chi connectivity index (χ3n) is 4.50. The van der Waals surface area contributed by atoms with E-state index in [1.54, 1.807) is 0 Å². The van der Waals surface area contributed by atoms with Crippen LogP contribution >= 0.6 is 0 Å². The molecule has 116 valence electrons. The van der Waals surface area contributed by atoms with Crippen molar-refractivity contribution in [1.82, 2.24) is 19.8 Å². The lowest BCUT2D eigenvalue weighted by Gasteiger charge is -2.37. The second-order valence-electron chi connectivity index (χ2n) is 6.07. The number of hydrogen-bond acceptors (Lipinski definition) is 6. The number of aromatic nitrogens is 2. The maximum absolute atomic E-state index is 5.52. The maximum atomic E-state index is 5.52. The van der Waals surface area contributed by atoms with Crippen molar-refractivity contribution in [1.29, 1.82) is 0 Å². The Labute approximate surface area is 126 Å². The third kappa shape index (κ3) is 3.17. The van der Waals surface area contributed by atoms with Crippen molar-refractivity contribution in [3.63, 3.8) is 0 Å². The molecule has 1 unspecified atom stereocenters. The standard InChI is InChI=1S/C15H25N5O/c1-16-15-12-10-21-7-4-13(12)17-14(18-15)8-11-9-19(2)5-6-20(11)3/h11H,4-10H2,1-3H3,(H,16,17,18). The fraction of sp³-hybridized carbons (Fsp3) is 0.733. The SMILES string of the molecule is CNc1nc(CC2CN(C)CCN2C)nc2c1COCC2. The summed E-state index contributed by atoms with van der Waals surface area (Å²) in [4.78, 5) is 14.3. The maximum Gasteiger partial charge on any atom is 0.135 e. The van der Waals surface area contributed by atoms with Gasteiger partial charge in [0, 0.05) is 51.1 Å². The first kappa shape index (κ1) is 14.7. The lowest BCUT2D eigenvalue weighted by atomic mass is 10.1. The number of likely N-dealkylation sites (N-methyl/N-ethyl adjacent to an activating group) is 2. The van der Waals surface area contributed by atoms with E-state index in [-0.39, 0.29) is 0 Å². The summed E-state index contributed by atoms with van der Waals surface area (Å²) in [6, 6.07) is 0.492. The summed E-state index contributed by atoms with van der Waals surface area (Å²) in [5.74, 6) is 1.88. The molecule has 1 N–H and O–H groups in total. The minimum atomic E-state index is 0.492. The van der Waals surface area contributed by atoms with Crippen LogP contribution in [-0.2, 0) is 24.2 Å². The zero-order valence-corrected chi connectivity index (χ0v) is 13.2. The molecule has 1 aromatic rings. The van der Waals surface area contributed by atoms with Gasteiger partial charge in [-0.15, -0.1) is 0 Å². The summed E-state index contributed by atoms with van der Waals surface area (Å²) in [6.07, 6.45) is 1.80. The van der Waals surface area contributed by atoms with Crippen molar-refractivity contribution in [2.24, 2.45) is 0 Å². The Bertz CT molecular complexity index is 490. The summed E-state index contributed by atoms with van der Waals surface area (Å²) in [7, 11) is 6.30. The van der Waals surface area contributed by atoms with E-state index in [4.69, 9.17) is 14.7 Å². The molecule has 0 spiro atoms. The Hall–Kier alpha value is -1.24. The molecule has 0 radical (unpaired) electrons. The lowest BCUT2D eigenvalue weighted by Crippen LogP contribution is -2.51. The van der Waals surface area contributed by atoms with E-state index >= 15 is 0 Å². The van der Waals surface area contributed by atoms with Crippen LogP contribution in [0.4, 0.5) is 5.82 Å². The molecule has 0 aliphatic carbocycles. The first-order valence-corrected chi connectivity index (χ1v) is 7.70. The second-order valence-corrected chi connectivity index (χ2v) is 6.07. The van der Waals surface area contributed by atoms with Crippen LogP contribution in [-0.4, -0.2) is 73.2 Å². The first-order valence-electron chi connectivity index (χ1n) is 7.70. The molecule has 1 saturated heterocycles. The van der Waals surface area contributed by atoms with Gasteiger partial charge in [0.05, 0.1) is 18.9 Å². The minimum absolute atomic E-state index is 0.492. The van der Waals surface area contributed by atoms with Crippen molar-refractivity contribution >= 4 is 5.82 Å². The van der Waals surface area contributed by atoms with Gasteiger partial charge < -0.3 is 19.9 Å². The van der Waals surface area contributed by atoms with E-state index in [9.17, 15) is 0 Å². The van der Waals surface area contributed by atoms with Gasteiger partial charge in [0.2, 0.25) is 0 Å². The summed E-state index contributed by atoms with van der Waals surface area (Å²) in [5.41, 5.74) is 2.28. The van der Waals surface area contributed by atoms with E-state index in [0.717, 1.165) is 62.0 Å². The average Bonchev–Trinajstić information content (AvgIpc) is 2.50. The molecule has 21 heavy (non-hydrogen) atoms. The topological polar surface area (TPSA) is 53.5 Å². The van der Waals surface area contributed by atoms with Crippen LogP contribution in [0.15, 0.2) is 0 Å². The number of piperazine rings is 1. The second kappa shape index (κ2) is 6.25. The number of nitrogens with zero attached hydrogens (tertiary/aromatic N) is 4. The molecule has 1 fully saturated rings. The normalized spacial score (nSPS) is 23.9. The molecule has 2 aliphatic heterocycles. The van der Waals surface area contributed by atoms with Gasteiger partial charge in [-0.3, -0.25) is 0 Å². The monoisotopic (exact) mass is 291 g/mol. The van der Waals surface area contributed by atoms with Crippen molar-refractivity contribution in [2.75, 3.05) is 52.7 Å². The molecule has 3 heterocycles. The summed E-state index contributed by atoms with van der Waals surface area (Å²) < 4.78 is 5.52. The quantitative estimate of drug-likeness (QED) is 0.869. The van der Waals surface area contributed by atoms with Crippen molar-refractivity contribution in [3.05, 3.63) is 17.1 Å². The van der Waals surface area contributed by atoms with E-state index in [0.29, 0.717) is 12.6 Å². The van der Waals surface area contributed by atoms with Crippen LogP contribution in [0.5, 0.6) is 0 Å². The van der Waals surface area contributed by atoms with Crippen molar-refractivity contribution in [2.45, 2.75) is 25.5 Å². The van der Waals surface area contributed by atoms with Crippen LogP contribution in [0, 0.1) is 0 Å². The number of hydrogen-bond donors (Lipinski definition) is 1. The molecule has 1 atom stereocenters. The Morgan fingerprint density at radius 3 is 2.95 bits per heavy atom. The lowest BCUT2D eigenvalue weighted by molar-refractivity contribution is 0.107. The molecule has 0 amide bonds. The Balaban J connectivity index is 1.81. The summed E-state index contributed by atoms with van der Waals surface area (Å²) in [5, 5.41) is 3.20. The molecular weight excluding hydrogens is 266 g/mol. The van der Waals surface area contributed by atoms with Crippen molar-refractivity contribution in [3.8, 4) is 0 Å². The van der Waals surface area contributed by atoms with Gasteiger partial charge in [-0.25, -0.2) is 9.97 Å². The molecule has 2 aliphatic rings. The van der Waals surface area contributed by atoms with E-state index < -0.39 is 0 Å². The fourth-order valence-electron chi connectivity index (χ4n) is 3.11. The molecule has 3 rings (SSSR count). The average molecular weight is 291 g/mol. The zero-order chi connectivity index (χ0) is 14.8. The number of anilines is 1. The molecule has 1 aromatic heterocycles. The van der Waals surface area contributed by atoms with Crippen LogP contribution in [0.25, 0.3) is 0 Å². The highest BCUT2D eigenvalue weighted by molar-refractivity contribution is 5.46. The van der Waals surface area contributed by atoms with Gasteiger partial charge in [-0.05, 0) is 14.1 Å². The van der Waals surface area contributed by atoms with Gasteiger partial charge in [0.25, 0.3) is 0 Å². The van der Waals surface area contributed by atoms with E-state index in [1.165, 1.54) is 0 Å². The van der Waals surface area contributed by atoms with Gasteiger partial charge in [-0.1, -0.05) is 0 Å². The molecule has 0 aromatic carbocycles. The predicted octanol–water partition coefficient (Wildman–Crippen LogP) is 0.379. The highest BCUT2D eigenvalue weighted by atomic mass is 16.5. The Kier molecular flexibility index (Phi) is 4.37. The van der Waals surface area contributed by atoms with Crippen LogP contribution in [0.2, 0.25) is 0 Å². The highest BCUT2D eigenvalue weighted by Crippen LogP contribution is 2.22. The molecular formula is C15H25N5O. The van der Waals surface area contributed by atoms with Gasteiger partial charge in [0.1, 0.15) is 11.6 Å². The minimum Gasteiger partial charge on any atom is -0.376 e. The molecule has 0 bridgehead atoms. The molecule has 6 heteroatoms. The van der Waals surface area contributed by atoms with E-state index in [1.807, 2.05) is 7.05 Å². The van der Waals surface area contributed by atoms with Gasteiger partial charge in [0.15, 0.2) is 0 Å². The Morgan fingerprint density at radius 2 is 2.14 bits per heavy atom. The highest BCUT2D eigenvalue weighted by Gasteiger charge is 2.25.